The zero-order valence-electron chi connectivity index (χ0n) is 12.7. The van der Waals surface area contributed by atoms with Crippen molar-refractivity contribution >= 4 is 17.4 Å². The lowest BCUT2D eigenvalue weighted by Crippen LogP contribution is -2.02. The van der Waals surface area contributed by atoms with Crippen LogP contribution < -0.4 is 5.32 Å². The topological polar surface area (TPSA) is 32.3 Å². The predicted molar refractivity (Wildman–Crippen MR) is 92.4 cm³/mol. The molecule has 0 amide bonds. The summed E-state index contributed by atoms with van der Waals surface area (Å²) in [6.07, 6.45) is 0. The van der Waals surface area contributed by atoms with Gasteiger partial charge in [0, 0.05) is 16.3 Å². The largest absolute Gasteiger partial charge is 0.503 e. The number of halogens is 2. The van der Waals surface area contributed by atoms with Gasteiger partial charge in [0.1, 0.15) is 0 Å². The summed E-state index contributed by atoms with van der Waals surface area (Å²) < 4.78 is 26.5. The maximum absolute atomic E-state index is 13.4. The van der Waals surface area contributed by atoms with E-state index in [2.05, 4.69) is 5.32 Å². The van der Waals surface area contributed by atoms with E-state index in [1.54, 1.807) is 11.8 Å². The van der Waals surface area contributed by atoms with Crippen LogP contribution in [0.3, 0.4) is 0 Å². The Morgan fingerprint density at radius 1 is 0.875 bits per heavy atom. The van der Waals surface area contributed by atoms with Gasteiger partial charge in [-0.15, -0.1) is 0 Å². The molecule has 24 heavy (non-hydrogen) atoms. The van der Waals surface area contributed by atoms with Gasteiger partial charge in [-0.1, -0.05) is 48.2 Å². The van der Waals surface area contributed by atoms with Crippen LogP contribution in [-0.2, 0) is 6.54 Å². The van der Waals surface area contributed by atoms with Crippen molar-refractivity contribution in [1.29, 1.82) is 0 Å². The van der Waals surface area contributed by atoms with Crippen molar-refractivity contribution in [2.24, 2.45) is 0 Å². The third-order valence-electron chi connectivity index (χ3n) is 3.48. The second-order valence-electron chi connectivity index (χ2n) is 5.13. The fraction of sp³-hybridized carbons (Fsp3) is 0.0526. The summed E-state index contributed by atoms with van der Waals surface area (Å²) in [4.78, 5) is 2.17. The van der Waals surface area contributed by atoms with Gasteiger partial charge in [-0.3, -0.25) is 0 Å². The molecule has 3 rings (SSSR count). The van der Waals surface area contributed by atoms with E-state index >= 15 is 0 Å². The molecule has 0 saturated heterocycles. The van der Waals surface area contributed by atoms with Crippen LogP contribution in [0.4, 0.5) is 14.5 Å². The Hall–Kier alpha value is -2.53. The van der Waals surface area contributed by atoms with Gasteiger partial charge in [0.15, 0.2) is 11.6 Å². The van der Waals surface area contributed by atoms with E-state index in [9.17, 15) is 13.9 Å². The minimum Gasteiger partial charge on any atom is -0.503 e. The quantitative estimate of drug-likeness (QED) is 0.606. The van der Waals surface area contributed by atoms with Crippen LogP contribution in [0.15, 0.2) is 76.5 Å². The first-order chi connectivity index (χ1) is 11.6. The van der Waals surface area contributed by atoms with E-state index in [-0.39, 0.29) is 5.69 Å². The molecule has 0 atom stereocenters. The minimum absolute atomic E-state index is 0.161. The molecule has 0 bridgehead atoms. The van der Waals surface area contributed by atoms with Gasteiger partial charge in [0.25, 0.3) is 0 Å². The molecule has 2 N–H and O–H groups in total. The molecule has 0 saturated carbocycles. The van der Waals surface area contributed by atoms with Gasteiger partial charge in [0.2, 0.25) is 5.82 Å². The minimum atomic E-state index is -1.24. The van der Waals surface area contributed by atoms with E-state index in [0.29, 0.717) is 6.54 Å². The number of phenolic OH excluding ortho intramolecular Hbond substituents is 1. The molecule has 0 aliphatic heterocycles. The molecule has 3 aromatic carbocycles. The van der Waals surface area contributed by atoms with Gasteiger partial charge < -0.3 is 10.4 Å². The molecular formula is C19H15F2NOS. The van der Waals surface area contributed by atoms with Gasteiger partial charge in [-0.2, -0.15) is 4.39 Å². The van der Waals surface area contributed by atoms with Gasteiger partial charge >= 0.3 is 0 Å². The summed E-state index contributed by atoms with van der Waals surface area (Å²) in [5.74, 6) is -3.02. The van der Waals surface area contributed by atoms with Crippen LogP contribution >= 0.6 is 11.8 Å². The molecule has 0 fully saturated rings. The van der Waals surface area contributed by atoms with Crippen LogP contribution in [-0.4, -0.2) is 5.11 Å². The van der Waals surface area contributed by atoms with E-state index in [1.165, 1.54) is 6.07 Å². The van der Waals surface area contributed by atoms with Crippen molar-refractivity contribution in [3.05, 3.63) is 83.9 Å². The van der Waals surface area contributed by atoms with E-state index in [1.807, 2.05) is 54.6 Å². The van der Waals surface area contributed by atoms with Crippen molar-refractivity contribution < 1.29 is 13.9 Å². The first-order valence-corrected chi connectivity index (χ1v) is 8.18. The molecule has 0 radical (unpaired) electrons. The van der Waals surface area contributed by atoms with Crippen molar-refractivity contribution in [3.63, 3.8) is 0 Å². The second-order valence-corrected chi connectivity index (χ2v) is 6.25. The van der Waals surface area contributed by atoms with Crippen molar-refractivity contribution in [2.45, 2.75) is 16.3 Å². The summed E-state index contributed by atoms with van der Waals surface area (Å²) in [6, 6.07) is 20.1. The standard InChI is InChI=1S/C19H15F2NOS/c20-15-10-11-16(19(23)18(15)21)22-12-13-6-4-5-9-17(13)24-14-7-2-1-3-8-14/h1-11,22-23H,12H2. The summed E-state index contributed by atoms with van der Waals surface area (Å²) in [6.45, 7) is 0.384. The molecule has 5 heteroatoms. The number of phenols is 1. The molecule has 3 aromatic rings. The zero-order valence-corrected chi connectivity index (χ0v) is 13.5. The molecule has 0 unspecified atom stereocenters. The van der Waals surface area contributed by atoms with Crippen LogP contribution in [0.1, 0.15) is 5.56 Å². The second kappa shape index (κ2) is 7.36. The van der Waals surface area contributed by atoms with Crippen LogP contribution in [0.25, 0.3) is 0 Å². The number of hydrogen-bond acceptors (Lipinski definition) is 3. The van der Waals surface area contributed by atoms with Gasteiger partial charge in [-0.05, 0) is 35.9 Å². The highest BCUT2D eigenvalue weighted by molar-refractivity contribution is 7.99. The Morgan fingerprint density at radius 3 is 2.38 bits per heavy atom. The Balaban J connectivity index is 1.78. The van der Waals surface area contributed by atoms with Crippen LogP contribution in [0.5, 0.6) is 5.75 Å². The zero-order chi connectivity index (χ0) is 16.9. The highest BCUT2D eigenvalue weighted by Crippen LogP contribution is 2.32. The lowest BCUT2D eigenvalue weighted by Gasteiger charge is -2.12. The fourth-order valence-electron chi connectivity index (χ4n) is 2.24. The van der Waals surface area contributed by atoms with Crippen LogP contribution in [0.2, 0.25) is 0 Å². The number of aromatic hydroxyl groups is 1. The lowest BCUT2D eigenvalue weighted by atomic mass is 10.2. The fourth-order valence-corrected chi connectivity index (χ4v) is 3.20. The summed E-state index contributed by atoms with van der Waals surface area (Å²) in [5.41, 5.74) is 1.16. The number of hydrogen-bond donors (Lipinski definition) is 2. The number of nitrogens with one attached hydrogen (secondary N) is 1. The maximum atomic E-state index is 13.4. The molecular weight excluding hydrogens is 328 g/mol. The number of benzene rings is 3. The van der Waals surface area contributed by atoms with Crippen molar-refractivity contribution in [3.8, 4) is 5.75 Å². The third-order valence-corrected chi connectivity index (χ3v) is 4.61. The highest BCUT2D eigenvalue weighted by atomic mass is 32.2. The summed E-state index contributed by atoms with van der Waals surface area (Å²) >= 11 is 1.62. The smallest absolute Gasteiger partial charge is 0.202 e. The lowest BCUT2D eigenvalue weighted by molar-refractivity contribution is 0.409. The Labute approximate surface area is 143 Å². The molecule has 122 valence electrons. The van der Waals surface area contributed by atoms with E-state index < -0.39 is 17.4 Å². The molecule has 2 nitrogen and oxygen atoms in total. The Kier molecular flexibility index (Phi) is 5.01. The monoisotopic (exact) mass is 343 g/mol. The van der Waals surface area contributed by atoms with Gasteiger partial charge in [-0.25, -0.2) is 4.39 Å². The SMILES string of the molecule is Oc1c(NCc2ccccc2Sc2ccccc2)ccc(F)c1F. The molecule has 0 heterocycles. The molecule has 0 aliphatic rings. The predicted octanol–water partition coefficient (Wildman–Crippen LogP) is 5.43. The number of rotatable bonds is 5. The number of anilines is 1. The van der Waals surface area contributed by atoms with Crippen molar-refractivity contribution in [1.82, 2.24) is 0 Å². The van der Waals surface area contributed by atoms with Gasteiger partial charge in [0.05, 0.1) is 5.69 Å². The Morgan fingerprint density at radius 2 is 1.58 bits per heavy atom. The highest BCUT2D eigenvalue weighted by Gasteiger charge is 2.12. The first kappa shape index (κ1) is 16.3. The Bertz CT molecular complexity index is 840. The van der Waals surface area contributed by atoms with E-state index in [0.717, 1.165) is 21.4 Å². The molecule has 0 aromatic heterocycles. The molecule has 0 spiro atoms. The molecule has 0 aliphatic carbocycles. The van der Waals surface area contributed by atoms with Crippen LogP contribution in [0, 0.1) is 11.6 Å². The normalized spacial score (nSPS) is 10.6. The summed E-state index contributed by atoms with van der Waals surface area (Å²) in [7, 11) is 0. The average Bonchev–Trinajstić information content (AvgIpc) is 2.61. The van der Waals surface area contributed by atoms with Crippen molar-refractivity contribution in [2.75, 3.05) is 5.32 Å². The third kappa shape index (κ3) is 3.68. The maximum Gasteiger partial charge on any atom is 0.202 e. The summed E-state index contributed by atoms with van der Waals surface area (Å²) in [5, 5.41) is 12.6. The van der Waals surface area contributed by atoms with E-state index in [4.69, 9.17) is 0 Å². The first-order valence-electron chi connectivity index (χ1n) is 7.37. The average molecular weight is 343 g/mol.